The fourth-order valence-electron chi connectivity index (χ4n) is 0.869. The zero-order chi connectivity index (χ0) is 7.56. The van der Waals surface area contributed by atoms with Gasteiger partial charge in [0.15, 0.2) is 0 Å². The van der Waals surface area contributed by atoms with Crippen molar-refractivity contribution in [1.82, 2.24) is 0 Å². The van der Waals surface area contributed by atoms with E-state index >= 15 is 0 Å². The maximum absolute atomic E-state index is 5.45. The van der Waals surface area contributed by atoms with E-state index in [0.29, 0.717) is 6.54 Å². The van der Waals surface area contributed by atoms with Crippen LogP contribution in [0.1, 0.15) is 5.56 Å². The number of hydrogen-bond donors (Lipinski definition) is 1. The van der Waals surface area contributed by atoms with Gasteiger partial charge in [-0.05, 0) is 16.0 Å². The van der Waals surface area contributed by atoms with Gasteiger partial charge in [0, 0.05) is 6.54 Å². The molecule has 0 heterocycles. The fourth-order valence-corrected chi connectivity index (χ4v) is 0.869. The molecule has 0 bridgehead atoms. The minimum atomic E-state index is 0.544. The average Bonchev–Trinajstić information content (AvgIpc) is 1.94. The molecule has 0 aliphatic carbocycles. The van der Waals surface area contributed by atoms with Crippen molar-refractivity contribution in [2.45, 2.75) is 6.54 Å². The second-order valence-corrected chi connectivity index (χ2v) is 2.31. The summed E-state index contributed by atoms with van der Waals surface area (Å²) in [6.07, 6.45) is 0. The van der Waals surface area contributed by atoms with Gasteiger partial charge in [-0.15, -0.1) is 0 Å². The molecule has 0 spiro atoms. The molecule has 1 aromatic carbocycles. The van der Waals surface area contributed by atoms with Crippen LogP contribution in [-0.2, 0) is 6.54 Å². The number of nitrogens with two attached hydrogens (primary N) is 1. The third-order valence-electron chi connectivity index (χ3n) is 1.49. The van der Waals surface area contributed by atoms with Crippen LogP contribution < -0.4 is 16.2 Å². The Labute approximate surface area is 60.5 Å². The molecule has 1 heteroatoms. The van der Waals surface area contributed by atoms with Crippen molar-refractivity contribution in [3.05, 3.63) is 34.2 Å². The Morgan fingerprint density at radius 2 is 2.00 bits per heavy atom. The zero-order valence-corrected chi connectivity index (χ0v) is 5.93. The molecule has 2 N–H and O–H groups in total. The van der Waals surface area contributed by atoms with Crippen LogP contribution in [0, 0.1) is 0 Å². The van der Waals surface area contributed by atoms with Gasteiger partial charge in [-0.25, -0.2) is 0 Å². The molecule has 10 heavy (non-hydrogen) atoms. The van der Waals surface area contributed by atoms with Crippen molar-refractivity contribution in [3.63, 3.8) is 0 Å². The molecule has 0 aromatic heterocycles. The van der Waals surface area contributed by atoms with Gasteiger partial charge in [-0.1, -0.05) is 31.4 Å². The van der Waals surface area contributed by atoms with Gasteiger partial charge in [0.1, 0.15) is 0 Å². The predicted octanol–water partition coefficient (Wildman–Crippen LogP) is -0.0341. The highest BCUT2D eigenvalue weighted by molar-refractivity contribution is 5.23. The maximum atomic E-state index is 5.45. The van der Waals surface area contributed by atoms with E-state index in [4.69, 9.17) is 5.73 Å². The minimum Gasteiger partial charge on any atom is -0.326 e. The van der Waals surface area contributed by atoms with Crippen molar-refractivity contribution < 1.29 is 0 Å². The summed E-state index contributed by atoms with van der Waals surface area (Å²) >= 11 is 0. The quantitative estimate of drug-likeness (QED) is 0.572. The molecule has 1 rings (SSSR count). The first-order chi connectivity index (χ1) is 4.74. The molecule has 52 valence electrons. The van der Waals surface area contributed by atoms with Crippen LogP contribution >= 0.6 is 0 Å². The smallest absolute Gasteiger partial charge is 0.0184 e. The van der Waals surface area contributed by atoms with Gasteiger partial charge < -0.3 is 5.73 Å². The monoisotopic (exact) mass is 133 g/mol. The van der Waals surface area contributed by atoms with Crippen LogP contribution in [-0.4, -0.2) is 0 Å². The van der Waals surface area contributed by atoms with Gasteiger partial charge in [0.05, 0.1) is 0 Å². The van der Waals surface area contributed by atoms with E-state index in [1.54, 1.807) is 0 Å². The Balaban J connectivity index is 3.36. The van der Waals surface area contributed by atoms with Crippen LogP contribution in [0.25, 0.3) is 13.2 Å². The Bertz CT molecular complexity index is 314. The molecule has 0 fully saturated rings. The zero-order valence-electron chi connectivity index (χ0n) is 5.93. The summed E-state index contributed by atoms with van der Waals surface area (Å²) in [5.41, 5.74) is 6.53. The summed E-state index contributed by atoms with van der Waals surface area (Å²) < 4.78 is 0. The van der Waals surface area contributed by atoms with Crippen LogP contribution in [0.5, 0.6) is 0 Å². The van der Waals surface area contributed by atoms with Crippen molar-refractivity contribution in [2.24, 2.45) is 5.73 Å². The lowest BCUT2D eigenvalue weighted by atomic mass is 10.1. The first-order valence-electron chi connectivity index (χ1n) is 3.21. The highest BCUT2D eigenvalue weighted by Gasteiger charge is 1.87. The van der Waals surface area contributed by atoms with E-state index in [2.05, 4.69) is 13.2 Å². The van der Waals surface area contributed by atoms with E-state index < -0.39 is 0 Å². The van der Waals surface area contributed by atoms with Crippen molar-refractivity contribution in [3.8, 4) is 0 Å². The topological polar surface area (TPSA) is 26.0 Å². The lowest BCUT2D eigenvalue weighted by Gasteiger charge is -1.94. The molecular weight excluding hydrogens is 122 g/mol. The van der Waals surface area contributed by atoms with E-state index in [9.17, 15) is 0 Å². The van der Waals surface area contributed by atoms with Gasteiger partial charge in [-0.3, -0.25) is 0 Å². The van der Waals surface area contributed by atoms with E-state index in [0.717, 1.165) is 16.0 Å². The van der Waals surface area contributed by atoms with Gasteiger partial charge >= 0.3 is 0 Å². The van der Waals surface area contributed by atoms with Crippen LogP contribution in [0.4, 0.5) is 0 Å². The molecule has 0 atom stereocenters. The largest absolute Gasteiger partial charge is 0.326 e. The van der Waals surface area contributed by atoms with Gasteiger partial charge in [-0.2, -0.15) is 0 Å². The summed E-state index contributed by atoms with van der Waals surface area (Å²) in [5.74, 6) is 0. The third-order valence-corrected chi connectivity index (χ3v) is 1.49. The molecular formula is C9H11N. The summed E-state index contributed by atoms with van der Waals surface area (Å²) in [6.45, 7) is 8.16. The van der Waals surface area contributed by atoms with E-state index in [-0.39, 0.29) is 0 Å². The Kier molecular flexibility index (Phi) is 1.88. The standard InChI is InChI=1S/C9H11N/c1-7-3-4-8(2)9(5-7)6-10/h3-5H,1-2,6,10H2. The Morgan fingerprint density at radius 3 is 2.50 bits per heavy atom. The van der Waals surface area contributed by atoms with Gasteiger partial charge in [0.2, 0.25) is 0 Å². The summed E-state index contributed by atoms with van der Waals surface area (Å²) in [5, 5.41) is 1.99. The first-order valence-corrected chi connectivity index (χ1v) is 3.21. The molecule has 1 nitrogen and oxygen atoms in total. The van der Waals surface area contributed by atoms with Gasteiger partial charge in [0.25, 0.3) is 0 Å². The molecule has 0 aliphatic rings. The first kappa shape index (κ1) is 7.03. The molecule has 0 radical (unpaired) electrons. The number of benzene rings is 1. The van der Waals surface area contributed by atoms with Crippen LogP contribution in [0.15, 0.2) is 18.2 Å². The van der Waals surface area contributed by atoms with Crippen molar-refractivity contribution in [1.29, 1.82) is 0 Å². The summed E-state index contributed by atoms with van der Waals surface area (Å²) in [6, 6.07) is 5.83. The predicted molar refractivity (Wildman–Crippen MR) is 44.6 cm³/mol. The number of hydrogen-bond acceptors (Lipinski definition) is 1. The third kappa shape index (κ3) is 1.25. The van der Waals surface area contributed by atoms with Crippen molar-refractivity contribution >= 4 is 13.2 Å². The van der Waals surface area contributed by atoms with E-state index in [1.165, 1.54) is 0 Å². The summed E-state index contributed by atoms with van der Waals surface area (Å²) in [4.78, 5) is 0. The highest BCUT2D eigenvalue weighted by Crippen LogP contribution is 1.81. The minimum absolute atomic E-state index is 0.544. The SMILES string of the molecule is C=c1ccc(=C)c(CN)c1. The highest BCUT2D eigenvalue weighted by atomic mass is 14.5. The normalized spacial score (nSPS) is 9.70. The Morgan fingerprint density at radius 1 is 1.30 bits per heavy atom. The molecule has 0 unspecified atom stereocenters. The second-order valence-electron chi connectivity index (χ2n) is 2.31. The number of rotatable bonds is 1. The summed E-state index contributed by atoms with van der Waals surface area (Å²) in [7, 11) is 0. The molecule has 0 saturated heterocycles. The van der Waals surface area contributed by atoms with E-state index in [1.807, 2.05) is 18.2 Å². The fraction of sp³-hybridized carbons (Fsp3) is 0.111. The maximum Gasteiger partial charge on any atom is 0.0184 e. The molecule has 0 saturated carbocycles. The van der Waals surface area contributed by atoms with Crippen LogP contribution in [0.2, 0.25) is 0 Å². The second kappa shape index (κ2) is 2.67. The molecule has 1 aromatic rings. The Hall–Kier alpha value is -1.08. The lowest BCUT2D eigenvalue weighted by molar-refractivity contribution is 1.06. The average molecular weight is 133 g/mol. The molecule has 0 aliphatic heterocycles. The lowest BCUT2D eigenvalue weighted by Crippen LogP contribution is -2.15. The van der Waals surface area contributed by atoms with Crippen LogP contribution in [0.3, 0.4) is 0 Å². The molecule has 0 amide bonds. The van der Waals surface area contributed by atoms with Crippen molar-refractivity contribution in [2.75, 3.05) is 0 Å².